The number of nitrogens with zero attached hydrogens (tertiary/aromatic N) is 2. The van der Waals surface area contributed by atoms with Crippen molar-refractivity contribution in [3.63, 3.8) is 0 Å². The van der Waals surface area contributed by atoms with E-state index in [0.29, 0.717) is 38.4 Å². The van der Waals surface area contributed by atoms with Crippen LogP contribution in [0.1, 0.15) is 51.4 Å². The highest BCUT2D eigenvalue weighted by Crippen LogP contribution is 2.17. The van der Waals surface area contributed by atoms with Crippen LogP contribution < -0.4 is 10.6 Å². The maximum atomic E-state index is 11.7. The lowest BCUT2D eigenvalue weighted by Gasteiger charge is -2.27. The predicted octanol–water partition coefficient (Wildman–Crippen LogP) is 1.64. The van der Waals surface area contributed by atoms with E-state index in [1.165, 1.54) is 37.0 Å². The first kappa shape index (κ1) is 19.2. The van der Waals surface area contributed by atoms with E-state index in [4.69, 9.17) is 0 Å². The monoisotopic (exact) mass is 422 g/mol. The maximum absolute atomic E-state index is 11.7. The largest absolute Gasteiger partial charge is 0.355 e. The summed E-state index contributed by atoms with van der Waals surface area (Å²) in [6, 6.07) is 0.489. The van der Waals surface area contributed by atoms with E-state index in [1.807, 2.05) is 0 Å². The molecule has 7 heteroatoms. The van der Waals surface area contributed by atoms with Gasteiger partial charge in [0, 0.05) is 39.0 Å². The van der Waals surface area contributed by atoms with Gasteiger partial charge in [-0.1, -0.05) is 19.3 Å². The van der Waals surface area contributed by atoms with Gasteiger partial charge in [0.2, 0.25) is 11.8 Å². The number of hydrogen-bond acceptors (Lipinski definition) is 3. The molecule has 1 aliphatic heterocycles. The minimum Gasteiger partial charge on any atom is -0.355 e. The lowest BCUT2D eigenvalue weighted by Crippen LogP contribution is -2.48. The quantitative estimate of drug-likeness (QED) is 0.313. The van der Waals surface area contributed by atoms with E-state index in [-0.39, 0.29) is 35.8 Å². The molecule has 22 heavy (non-hydrogen) atoms. The molecule has 1 heterocycles. The first-order valence-corrected chi connectivity index (χ1v) is 8.01. The molecule has 1 saturated heterocycles. The summed E-state index contributed by atoms with van der Waals surface area (Å²) in [5.41, 5.74) is 0. The number of halogens is 1. The Balaban J connectivity index is 0.00000242. The Morgan fingerprint density at radius 2 is 1.77 bits per heavy atom. The number of likely N-dealkylation sites (tertiary alicyclic amines) is 1. The molecular weight excluding hydrogens is 395 g/mol. The summed E-state index contributed by atoms with van der Waals surface area (Å²) < 4.78 is 0. The summed E-state index contributed by atoms with van der Waals surface area (Å²) in [5, 5.41) is 6.61. The molecule has 0 aromatic carbocycles. The number of guanidine groups is 1. The lowest BCUT2D eigenvalue weighted by molar-refractivity contribution is -0.147. The van der Waals surface area contributed by atoms with Crippen LogP contribution in [0.3, 0.4) is 0 Å². The molecule has 2 fully saturated rings. The van der Waals surface area contributed by atoms with Gasteiger partial charge in [-0.3, -0.25) is 19.5 Å². The van der Waals surface area contributed by atoms with Crippen molar-refractivity contribution in [2.24, 2.45) is 4.99 Å². The van der Waals surface area contributed by atoms with E-state index >= 15 is 0 Å². The van der Waals surface area contributed by atoms with Gasteiger partial charge in [-0.05, 0) is 19.3 Å². The van der Waals surface area contributed by atoms with Gasteiger partial charge >= 0.3 is 0 Å². The van der Waals surface area contributed by atoms with Crippen LogP contribution in [0.2, 0.25) is 0 Å². The Morgan fingerprint density at radius 3 is 2.36 bits per heavy atom. The van der Waals surface area contributed by atoms with E-state index < -0.39 is 0 Å². The predicted molar refractivity (Wildman–Crippen MR) is 97.4 cm³/mol. The number of hydrogen-bond donors (Lipinski definition) is 2. The fourth-order valence-electron chi connectivity index (χ4n) is 2.97. The second-order valence-electron chi connectivity index (χ2n) is 5.77. The van der Waals surface area contributed by atoms with Crippen molar-refractivity contribution >= 4 is 41.8 Å². The molecule has 0 spiro atoms. The molecule has 126 valence electrons. The summed E-state index contributed by atoms with van der Waals surface area (Å²) in [5.74, 6) is 0.658. The van der Waals surface area contributed by atoms with E-state index in [1.54, 1.807) is 7.05 Å². The van der Waals surface area contributed by atoms with E-state index in [2.05, 4.69) is 15.6 Å². The number of aliphatic imine (C=N–C) groups is 1. The zero-order valence-electron chi connectivity index (χ0n) is 13.3. The average molecular weight is 422 g/mol. The second kappa shape index (κ2) is 10.0. The molecule has 6 nitrogen and oxygen atoms in total. The summed E-state index contributed by atoms with van der Waals surface area (Å²) in [6.45, 7) is 0.965. The molecule has 0 radical (unpaired) electrons. The third-order valence-electron chi connectivity index (χ3n) is 4.18. The molecule has 0 bridgehead atoms. The van der Waals surface area contributed by atoms with Crippen molar-refractivity contribution in [1.82, 2.24) is 15.5 Å². The molecule has 0 aromatic rings. The highest BCUT2D eigenvalue weighted by Gasteiger charge is 2.25. The number of carbonyl (C=O) groups is 2. The molecule has 0 unspecified atom stereocenters. The Kier molecular flexibility index (Phi) is 8.74. The maximum Gasteiger partial charge on any atom is 0.229 e. The molecule has 2 amide bonds. The second-order valence-corrected chi connectivity index (χ2v) is 5.77. The van der Waals surface area contributed by atoms with Crippen LogP contribution in [0.25, 0.3) is 0 Å². The van der Waals surface area contributed by atoms with Crippen LogP contribution in [0.4, 0.5) is 0 Å². The van der Waals surface area contributed by atoms with Crippen LogP contribution in [0, 0.1) is 0 Å². The summed E-state index contributed by atoms with van der Waals surface area (Å²) in [6.07, 6.45) is 7.89. The zero-order chi connectivity index (χ0) is 15.1. The van der Waals surface area contributed by atoms with Crippen LogP contribution in [-0.2, 0) is 9.59 Å². The van der Waals surface area contributed by atoms with Gasteiger partial charge in [0.25, 0.3) is 0 Å². The number of nitrogens with one attached hydrogen (secondary N) is 2. The minimum absolute atomic E-state index is 0. The van der Waals surface area contributed by atoms with Gasteiger partial charge in [0.1, 0.15) is 0 Å². The molecule has 2 rings (SSSR count). The third-order valence-corrected chi connectivity index (χ3v) is 4.18. The van der Waals surface area contributed by atoms with Gasteiger partial charge < -0.3 is 10.6 Å². The van der Waals surface area contributed by atoms with Crippen molar-refractivity contribution < 1.29 is 9.59 Å². The van der Waals surface area contributed by atoms with Crippen molar-refractivity contribution in [2.75, 3.05) is 20.1 Å². The first-order chi connectivity index (χ1) is 10.2. The fourth-order valence-corrected chi connectivity index (χ4v) is 2.97. The van der Waals surface area contributed by atoms with Gasteiger partial charge in [0.05, 0.1) is 0 Å². The smallest absolute Gasteiger partial charge is 0.229 e. The number of rotatable bonds is 4. The molecule has 0 aromatic heterocycles. The Labute approximate surface area is 149 Å². The Hall–Kier alpha value is -0.860. The lowest BCUT2D eigenvalue weighted by atomic mass is 9.96. The molecule has 2 N–H and O–H groups in total. The van der Waals surface area contributed by atoms with Crippen molar-refractivity contribution in [3.8, 4) is 0 Å². The summed E-state index contributed by atoms with van der Waals surface area (Å²) in [4.78, 5) is 29.0. The van der Waals surface area contributed by atoms with Crippen LogP contribution in [-0.4, -0.2) is 48.9 Å². The van der Waals surface area contributed by atoms with Gasteiger partial charge in [-0.15, -0.1) is 24.0 Å². The molecule has 0 atom stereocenters. The highest BCUT2D eigenvalue weighted by molar-refractivity contribution is 14.0. The highest BCUT2D eigenvalue weighted by atomic mass is 127. The normalized spacial score (nSPS) is 20.6. The number of imide groups is 1. The van der Waals surface area contributed by atoms with Gasteiger partial charge in [-0.25, -0.2) is 0 Å². The average Bonchev–Trinajstić information content (AvgIpc) is 2.50. The number of carbonyl (C=O) groups excluding carboxylic acids is 2. The van der Waals surface area contributed by atoms with Crippen LogP contribution in [0.5, 0.6) is 0 Å². The summed E-state index contributed by atoms with van der Waals surface area (Å²) in [7, 11) is 1.75. The summed E-state index contributed by atoms with van der Waals surface area (Å²) >= 11 is 0. The molecule has 1 aliphatic carbocycles. The van der Waals surface area contributed by atoms with E-state index in [0.717, 1.165) is 5.96 Å². The molecule has 2 aliphatic rings. The minimum atomic E-state index is -0.0525. The van der Waals surface area contributed by atoms with Gasteiger partial charge in [-0.2, -0.15) is 0 Å². The SMILES string of the molecule is CN=C(NCCN1C(=O)CCCC1=O)NC1CCCCC1.I. The molecule has 1 saturated carbocycles. The fraction of sp³-hybridized carbons (Fsp3) is 0.800. The van der Waals surface area contributed by atoms with Crippen LogP contribution in [0.15, 0.2) is 4.99 Å². The number of piperidine rings is 1. The van der Waals surface area contributed by atoms with E-state index in [9.17, 15) is 9.59 Å². The first-order valence-electron chi connectivity index (χ1n) is 8.01. The standard InChI is InChI=1S/C15H26N4O2.HI/c1-16-15(18-12-6-3-2-4-7-12)17-10-11-19-13(20)8-5-9-14(19)21;/h12H,2-11H2,1H3,(H2,16,17,18);1H. The van der Waals surface area contributed by atoms with Crippen molar-refractivity contribution in [3.05, 3.63) is 0 Å². The topological polar surface area (TPSA) is 73.8 Å². The third kappa shape index (κ3) is 5.73. The zero-order valence-corrected chi connectivity index (χ0v) is 15.6. The molecular formula is C15H27IN4O2. The number of amides is 2. The van der Waals surface area contributed by atoms with Crippen LogP contribution >= 0.6 is 24.0 Å². The van der Waals surface area contributed by atoms with Gasteiger partial charge in [0.15, 0.2) is 5.96 Å². The Bertz CT molecular complexity index is 392. The van der Waals surface area contributed by atoms with Crippen molar-refractivity contribution in [1.29, 1.82) is 0 Å². The van der Waals surface area contributed by atoms with Crippen molar-refractivity contribution in [2.45, 2.75) is 57.4 Å². The Morgan fingerprint density at radius 1 is 1.14 bits per heavy atom.